The highest BCUT2D eigenvalue weighted by Crippen LogP contribution is 2.23. The summed E-state index contributed by atoms with van der Waals surface area (Å²) >= 11 is 0. The number of hydrogen-bond acceptors (Lipinski definition) is 9. The zero-order valence-corrected chi connectivity index (χ0v) is 18.3. The van der Waals surface area contributed by atoms with Crippen LogP contribution >= 0.6 is 0 Å². The molecule has 0 bridgehead atoms. The Morgan fingerprint density at radius 3 is 2.44 bits per heavy atom. The van der Waals surface area contributed by atoms with Crippen LogP contribution < -0.4 is 21.9 Å². The minimum absolute atomic E-state index is 0.0536. The van der Waals surface area contributed by atoms with E-state index >= 15 is 0 Å². The average Bonchev–Trinajstić information content (AvgIpc) is 2.77. The summed E-state index contributed by atoms with van der Waals surface area (Å²) in [4.78, 5) is 61.8. The Bertz CT molecular complexity index is 1300. The molecule has 1 aromatic carbocycles. The molecule has 1 atom stereocenters. The molecular weight excluding hydrogens is 446 g/mol. The third-order valence-electron chi connectivity index (χ3n) is 5.00. The van der Waals surface area contributed by atoms with Crippen LogP contribution in [0.15, 0.2) is 35.3 Å². The average molecular weight is 469 g/mol. The smallest absolute Gasteiger partial charge is 0.326 e. The number of carboxylic acids is 2. The lowest BCUT2D eigenvalue weighted by molar-refractivity contribution is -0.149. The van der Waals surface area contributed by atoms with Gasteiger partial charge >= 0.3 is 11.9 Å². The summed E-state index contributed by atoms with van der Waals surface area (Å²) < 4.78 is 0. The lowest BCUT2D eigenvalue weighted by atomic mass is 9.85. The summed E-state index contributed by atoms with van der Waals surface area (Å²) in [6, 6.07) is 4.83. The van der Waals surface area contributed by atoms with E-state index in [-0.39, 0.29) is 35.6 Å². The van der Waals surface area contributed by atoms with Crippen molar-refractivity contribution in [1.29, 1.82) is 0 Å². The maximum absolute atomic E-state index is 12.5. The number of H-pyrrole nitrogens is 1. The highest BCUT2D eigenvalue weighted by Gasteiger charge is 2.34. The molecule has 1 amide bonds. The van der Waals surface area contributed by atoms with Gasteiger partial charge in [-0.1, -0.05) is 0 Å². The van der Waals surface area contributed by atoms with Crippen molar-refractivity contribution in [1.82, 2.24) is 25.3 Å². The van der Waals surface area contributed by atoms with E-state index in [0.29, 0.717) is 11.4 Å². The van der Waals surface area contributed by atoms with Gasteiger partial charge in [0.05, 0.1) is 23.9 Å². The molecule has 0 fully saturated rings. The van der Waals surface area contributed by atoms with E-state index in [1.807, 2.05) is 0 Å². The number of benzene rings is 1. The fraction of sp³-hybridized carbons (Fsp3) is 0.286. The second-order valence-electron chi connectivity index (χ2n) is 8.17. The molecule has 0 saturated carbocycles. The Morgan fingerprint density at radius 2 is 1.82 bits per heavy atom. The van der Waals surface area contributed by atoms with Crippen molar-refractivity contribution in [3.05, 3.63) is 52.1 Å². The molecular formula is C21H23N7O6. The first-order valence-corrected chi connectivity index (χ1v) is 10.1. The van der Waals surface area contributed by atoms with E-state index in [4.69, 9.17) is 5.73 Å². The van der Waals surface area contributed by atoms with Gasteiger partial charge < -0.3 is 26.6 Å². The van der Waals surface area contributed by atoms with Crippen molar-refractivity contribution in [3.63, 3.8) is 0 Å². The van der Waals surface area contributed by atoms with Crippen LogP contribution in [0, 0.1) is 5.41 Å². The van der Waals surface area contributed by atoms with E-state index in [1.54, 1.807) is 12.1 Å². The van der Waals surface area contributed by atoms with E-state index < -0.39 is 34.9 Å². The standard InChI is InChI=1S/C21H23N7O6/c1-21(2,19(33)34)7-13(18(31)32)26-16(29)10-3-5-11(6-4-10)23-8-12-9-24-15-14(25-12)17(30)28-20(22)27-15/h3-6,9,13,23H,7-8H2,1-2H3,(H,26,29)(H,31,32)(H,33,34)(H3,22,24,27,28,30)/t13-/m0/s1. The second-order valence-corrected chi connectivity index (χ2v) is 8.17. The summed E-state index contributed by atoms with van der Waals surface area (Å²) in [5.41, 5.74) is 5.14. The summed E-state index contributed by atoms with van der Waals surface area (Å²) in [6.07, 6.45) is 1.18. The summed E-state index contributed by atoms with van der Waals surface area (Å²) in [6.45, 7) is 3.00. The molecule has 13 nitrogen and oxygen atoms in total. The molecule has 0 aliphatic rings. The van der Waals surface area contributed by atoms with Gasteiger partial charge in [0.25, 0.3) is 11.5 Å². The normalized spacial score (nSPS) is 12.2. The summed E-state index contributed by atoms with van der Waals surface area (Å²) in [7, 11) is 0. The monoisotopic (exact) mass is 469 g/mol. The van der Waals surface area contributed by atoms with Gasteiger partial charge in [0.1, 0.15) is 6.04 Å². The molecule has 34 heavy (non-hydrogen) atoms. The van der Waals surface area contributed by atoms with Crippen LogP contribution in [0.4, 0.5) is 11.6 Å². The molecule has 2 heterocycles. The molecule has 0 saturated heterocycles. The lowest BCUT2D eigenvalue weighted by Crippen LogP contribution is -2.45. The Labute approximate surface area is 192 Å². The first-order chi connectivity index (χ1) is 16.0. The summed E-state index contributed by atoms with van der Waals surface area (Å²) in [5, 5.41) is 24.0. The molecule has 3 rings (SSSR count). The van der Waals surface area contributed by atoms with Gasteiger partial charge in [-0.25, -0.2) is 14.8 Å². The third kappa shape index (κ3) is 5.62. The zero-order valence-electron chi connectivity index (χ0n) is 18.3. The highest BCUT2D eigenvalue weighted by molar-refractivity contribution is 5.97. The number of aromatic amines is 1. The van der Waals surface area contributed by atoms with Gasteiger partial charge in [-0.15, -0.1) is 0 Å². The molecule has 0 radical (unpaired) electrons. The maximum atomic E-state index is 12.5. The summed E-state index contributed by atoms with van der Waals surface area (Å²) in [5.74, 6) is -3.19. The Balaban J connectivity index is 1.64. The second kappa shape index (κ2) is 9.52. The number of nitrogens with zero attached hydrogens (tertiary/aromatic N) is 3. The van der Waals surface area contributed by atoms with E-state index in [9.17, 15) is 29.4 Å². The van der Waals surface area contributed by atoms with Gasteiger partial charge in [0, 0.05) is 11.3 Å². The molecule has 13 heteroatoms. The largest absolute Gasteiger partial charge is 0.481 e. The molecule has 0 aliphatic carbocycles. The van der Waals surface area contributed by atoms with Crippen LogP contribution in [0.25, 0.3) is 11.2 Å². The number of hydrogen-bond donors (Lipinski definition) is 6. The molecule has 0 aliphatic heterocycles. The van der Waals surface area contributed by atoms with Gasteiger partial charge in [0.2, 0.25) is 5.95 Å². The predicted molar refractivity (Wildman–Crippen MR) is 121 cm³/mol. The van der Waals surface area contributed by atoms with Crippen molar-refractivity contribution in [3.8, 4) is 0 Å². The molecule has 2 aromatic heterocycles. The Hall–Kier alpha value is -4.55. The minimum Gasteiger partial charge on any atom is -0.481 e. The van der Waals surface area contributed by atoms with Crippen molar-refractivity contribution in [2.24, 2.45) is 5.41 Å². The Morgan fingerprint density at radius 1 is 1.15 bits per heavy atom. The van der Waals surface area contributed by atoms with E-state index in [2.05, 4.69) is 30.6 Å². The number of rotatable bonds is 9. The number of carboxylic acid groups (broad SMARTS) is 2. The molecule has 3 aromatic rings. The molecule has 0 unspecified atom stereocenters. The SMILES string of the molecule is CC(C)(C[C@H](NC(=O)c1ccc(NCc2cnc3nc(N)[nH]c(=O)c3n2)cc1)C(=O)O)C(=O)O. The van der Waals surface area contributed by atoms with E-state index in [1.165, 1.54) is 32.2 Å². The van der Waals surface area contributed by atoms with Crippen LogP contribution in [-0.4, -0.2) is 54.0 Å². The van der Waals surface area contributed by atoms with Crippen LogP contribution in [0.3, 0.4) is 0 Å². The number of nitrogen functional groups attached to an aromatic ring is 1. The number of carbonyl (C=O) groups excluding carboxylic acids is 1. The van der Waals surface area contributed by atoms with Crippen LogP contribution in [-0.2, 0) is 16.1 Å². The minimum atomic E-state index is -1.36. The van der Waals surface area contributed by atoms with E-state index in [0.717, 1.165) is 0 Å². The number of fused-ring (bicyclic) bond motifs is 1. The predicted octanol–water partition coefficient (Wildman–Crippen LogP) is 0.591. The quantitative estimate of drug-likeness (QED) is 0.255. The fourth-order valence-corrected chi connectivity index (χ4v) is 3.03. The number of amides is 1. The van der Waals surface area contributed by atoms with Gasteiger partial charge in [-0.3, -0.25) is 19.4 Å². The topological polar surface area (TPSA) is 213 Å². The number of anilines is 2. The van der Waals surface area contributed by atoms with Gasteiger partial charge in [-0.05, 0) is 44.5 Å². The van der Waals surface area contributed by atoms with Crippen LogP contribution in [0.5, 0.6) is 0 Å². The third-order valence-corrected chi connectivity index (χ3v) is 5.00. The highest BCUT2D eigenvalue weighted by atomic mass is 16.4. The van der Waals surface area contributed by atoms with Gasteiger partial charge in [0.15, 0.2) is 11.2 Å². The number of nitrogens with one attached hydrogen (secondary N) is 3. The lowest BCUT2D eigenvalue weighted by Gasteiger charge is -2.24. The molecule has 0 spiro atoms. The molecule has 7 N–H and O–H groups in total. The number of aliphatic carboxylic acids is 2. The first kappa shape index (κ1) is 24.1. The van der Waals surface area contributed by atoms with Crippen LogP contribution in [0.2, 0.25) is 0 Å². The molecule has 178 valence electrons. The number of carbonyl (C=O) groups is 3. The van der Waals surface area contributed by atoms with Crippen molar-refractivity contribution in [2.75, 3.05) is 11.1 Å². The van der Waals surface area contributed by atoms with Gasteiger partial charge in [-0.2, -0.15) is 4.98 Å². The van der Waals surface area contributed by atoms with Crippen molar-refractivity contribution in [2.45, 2.75) is 32.9 Å². The van der Waals surface area contributed by atoms with Crippen LogP contribution in [0.1, 0.15) is 36.3 Å². The Kier molecular flexibility index (Phi) is 6.75. The van der Waals surface area contributed by atoms with Crippen molar-refractivity contribution < 1.29 is 24.6 Å². The van der Waals surface area contributed by atoms with Crippen molar-refractivity contribution >= 4 is 40.6 Å². The first-order valence-electron chi connectivity index (χ1n) is 10.1. The fourth-order valence-electron chi connectivity index (χ4n) is 3.03. The number of nitrogens with two attached hydrogens (primary N) is 1. The zero-order chi connectivity index (χ0) is 25.0. The maximum Gasteiger partial charge on any atom is 0.326 e. The number of aromatic nitrogens is 4.